The van der Waals surface area contributed by atoms with E-state index in [1.54, 1.807) is 17.4 Å². The quantitative estimate of drug-likeness (QED) is 0.865. The maximum atomic E-state index is 12.3. The van der Waals surface area contributed by atoms with Crippen LogP contribution in [0.3, 0.4) is 0 Å². The highest BCUT2D eigenvalue weighted by Crippen LogP contribution is 2.35. The zero-order valence-electron chi connectivity index (χ0n) is 10.1. The normalized spacial score (nSPS) is 17.8. The van der Waals surface area contributed by atoms with Crippen molar-refractivity contribution in [1.29, 1.82) is 0 Å². The van der Waals surface area contributed by atoms with E-state index >= 15 is 0 Å². The van der Waals surface area contributed by atoms with E-state index < -0.39 is 0 Å². The van der Waals surface area contributed by atoms with Crippen LogP contribution in [0.25, 0.3) is 0 Å². The maximum absolute atomic E-state index is 12.3. The van der Waals surface area contributed by atoms with Crippen molar-refractivity contribution in [2.75, 3.05) is 5.32 Å². The number of hydrogen-bond acceptors (Lipinski definition) is 4. The fourth-order valence-electron chi connectivity index (χ4n) is 2.38. The number of fused-ring (bicyclic) bond motifs is 1. The molecule has 1 amide bonds. The molecule has 19 heavy (non-hydrogen) atoms. The first kappa shape index (κ1) is 12.6. The van der Waals surface area contributed by atoms with E-state index in [1.165, 1.54) is 11.1 Å². The van der Waals surface area contributed by atoms with Gasteiger partial charge in [-0.2, -0.15) is 0 Å². The molecule has 0 aromatic carbocycles. The van der Waals surface area contributed by atoms with Crippen molar-refractivity contribution < 1.29 is 4.79 Å². The number of carbonyl (C=O) groups is 1. The minimum absolute atomic E-state index is 0.0193. The monoisotopic (exact) mass is 293 g/mol. The Hall–Kier alpha value is -1.46. The molecule has 1 aliphatic carbocycles. The van der Waals surface area contributed by atoms with Crippen LogP contribution in [0.5, 0.6) is 0 Å². The molecule has 1 aliphatic rings. The molecular weight excluding hydrogens is 282 g/mol. The Morgan fingerprint density at radius 1 is 1.47 bits per heavy atom. The minimum Gasteiger partial charge on any atom is -0.310 e. The van der Waals surface area contributed by atoms with Gasteiger partial charge >= 0.3 is 0 Å². The summed E-state index contributed by atoms with van der Waals surface area (Å²) in [6.07, 6.45) is 4.54. The summed E-state index contributed by atoms with van der Waals surface area (Å²) in [4.78, 5) is 21.4. The van der Waals surface area contributed by atoms with Gasteiger partial charge in [0.25, 0.3) is 0 Å². The molecule has 2 aromatic heterocycles. The van der Waals surface area contributed by atoms with E-state index in [0.29, 0.717) is 5.82 Å². The number of amides is 1. The number of halogens is 1. The van der Waals surface area contributed by atoms with Crippen LogP contribution in [0.1, 0.15) is 29.2 Å². The van der Waals surface area contributed by atoms with Crippen molar-refractivity contribution in [1.82, 2.24) is 9.97 Å². The van der Waals surface area contributed by atoms with Crippen LogP contribution in [0.15, 0.2) is 23.7 Å². The van der Waals surface area contributed by atoms with Gasteiger partial charge in [-0.3, -0.25) is 4.79 Å². The first-order valence-electron chi connectivity index (χ1n) is 6.10. The van der Waals surface area contributed by atoms with E-state index in [-0.39, 0.29) is 17.1 Å². The molecule has 0 saturated heterocycles. The van der Waals surface area contributed by atoms with Crippen LogP contribution in [-0.4, -0.2) is 15.9 Å². The summed E-state index contributed by atoms with van der Waals surface area (Å²) in [6.45, 7) is 0. The van der Waals surface area contributed by atoms with Gasteiger partial charge in [-0.05, 0) is 53.9 Å². The molecule has 6 heteroatoms. The summed E-state index contributed by atoms with van der Waals surface area (Å²) in [7, 11) is 0. The van der Waals surface area contributed by atoms with E-state index in [2.05, 4.69) is 26.7 Å². The number of hydrogen-bond donors (Lipinski definition) is 1. The number of aromatic nitrogens is 2. The number of nitrogens with zero attached hydrogens (tertiary/aromatic N) is 2. The van der Waals surface area contributed by atoms with Crippen molar-refractivity contribution in [2.45, 2.75) is 25.2 Å². The van der Waals surface area contributed by atoms with Gasteiger partial charge in [0.2, 0.25) is 11.2 Å². The molecule has 0 fully saturated rings. The molecule has 0 saturated carbocycles. The average molecular weight is 294 g/mol. The second-order valence-corrected chi connectivity index (χ2v) is 5.78. The molecule has 0 radical (unpaired) electrons. The molecule has 1 atom stereocenters. The Balaban J connectivity index is 1.79. The van der Waals surface area contributed by atoms with Gasteiger partial charge in [-0.25, -0.2) is 9.97 Å². The Morgan fingerprint density at radius 2 is 2.37 bits per heavy atom. The molecular formula is C13H12ClN3OS. The van der Waals surface area contributed by atoms with Crippen molar-refractivity contribution in [3.63, 3.8) is 0 Å². The number of anilines is 1. The summed E-state index contributed by atoms with van der Waals surface area (Å²) < 4.78 is 0. The van der Waals surface area contributed by atoms with Gasteiger partial charge in [0, 0.05) is 11.1 Å². The van der Waals surface area contributed by atoms with Crippen LogP contribution in [-0.2, 0) is 11.2 Å². The molecule has 2 heterocycles. The third-order valence-electron chi connectivity index (χ3n) is 3.25. The van der Waals surface area contributed by atoms with Gasteiger partial charge in [-0.1, -0.05) is 0 Å². The first-order valence-corrected chi connectivity index (χ1v) is 7.35. The zero-order chi connectivity index (χ0) is 13.2. The number of aryl methyl sites for hydroxylation is 1. The zero-order valence-corrected chi connectivity index (χ0v) is 11.7. The Bertz CT molecular complexity index is 613. The maximum Gasteiger partial charge on any atom is 0.233 e. The number of rotatable bonds is 2. The lowest BCUT2D eigenvalue weighted by Crippen LogP contribution is -2.24. The third kappa shape index (κ3) is 2.62. The van der Waals surface area contributed by atoms with E-state index in [1.807, 2.05) is 0 Å². The van der Waals surface area contributed by atoms with Crippen LogP contribution in [0.4, 0.5) is 5.82 Å². The van der Waals surface area contributed by atoms with E-state index in [9.17, 15) is 4.79 Å². The Morgan fingerprint density at radius 3 is 3.21 bits per heavy atom. The fraction of sp³-hybridized carbons (Fsp3) is 0.308. The summed E-state index contributed by atoms with van der Waals surface area (Å²) in [5, 5.41) is 5.00. The molecule has 0 aliphatic heterocycles. The van der Waals surface area contributed by atoms with Gasteiger partial charge in [0.05, 0.1) is 5.92 Å². The predicted octanol–water partition coefficient (Wildman–Crippen LogP) is 3.25. The van der Waals surface area contributed by atoms with E-state index in [4.69, 9.17) is 11.6 Å². The van der Waals surface area contributed by atoms with Crippen LogP contribution < -0.4 is 5.32 Å². The highest BCUT2D eigenvalue weighted by Gasteiger charge is 2.27. The van der Waals surface area contributed by atoms with Gasteiger partial charge in [0.1, 0.15) is 5.82 Å². The Kier molecular flexibility index (Phi) is 3.48. The van der Waals surface area contributed by atoms with Crippen LogP contribution in [0.2, 0.25) is 5.28 Å². The predicted molar refractivity (Wildman–Crippen MR) is 75.7 cm³/mol. The highest BCUT2D eigenvalue weighted by molar-refractivity contribution is 7.10. The highest BCUT2D eigenvalue weighted by atomic mass is 35.5. The summed E-state index contributed by atoms with van der Waals surface area (Å²) >= 11 is 7.43. The molecule has 3 rings (SSSR count). The van der Waals surface area contributed by atoms with Crippen molar-refractivity contribution in [3.8, 4) is 0 Å². The topological polar surface area (TPSA) is 54.9 Å². The second-order valence-electron chi connectivity index (χ2n) is 4.44. The molecule has 2 aromatic rings. The molecule has 98 valence electrons. The Labute approximate surface area is 119 Å². The SMILES string of the molecule is O=C(Nc1ccnc(Cl)n1)C1CCCc2sccc21. The number of carbonyl (C=O) groups excluding carboxylic acids is 1. The summed E-state index contributed by atoms with van der Waals surface area (Å²) in [5.41, 5.74) is 1.16. The third-order valence-corrected chi connectivity index (χ3v) is 4.42. The number of nitrogens with one attached hydrogen (secondary N) is 1. The summed E-state index contributed by atoms with van der Waals surface area (Å²) in [5.74, 6) is 0.352. The molecule has 0 bridgehead atoms. The average Bonchev–Trinajstić information content (AvgIpc) is 2.86. The molecule has 1 N–H and O–H groups in total. The van der Waals surface area contributed by atoms with Crippen molar-refractivity contribution in [2.24, 2.45) is 0 Å². The molecule has 0 spiro atoms. The van der Waals surface area contributed by atoms with Gasteiger partial charge in [-0.15, -0.1) is 11.3 Å². The van der Waals surface area contributed by atoms with Crippen LogP contribution in [0, 0.1) is 0 Å². The van der Waals surface area contributed by atoms with Crippen LogP contribution >= 0.6 is 22.9 Å². The fourth-order valence-corrected chi connectivity index (χ4v) is 3.51. The number of thiophene rings is 1. The smallest absolute Gasteiger partial charge is 0.233 e. The van der Waals surface area contributed by atoms with Gasteiger partial charge < -0.3 is 5.32 Å². The minimum atomic E-state index is -0.0799. The summed E-state index contributed by atoms with van der Waals surface area (Å²) in [6, 6.07) is 3.69. The largest absolute Gasteiger partial charge is 0.310 e. The van der Waals surface area contributed by atoms with Crippen molar-refractivity contribution >= 4 is 34.7 Å². The lowest BCUT2D eigenvalue weighted by Gasteiger charge is -2.21. The lowest BCUT2D eigenvalue weighted by atomic mass is 9.87. The standard InChI is InChI=1S/C13H12ClN3OS/c14-13-15-6-4-11(17-13)16-12(18)9-2-1-3-10-8(9)5-7-19-10/h4-7,9H,1-3H2,(H,15,16,17,18). The second kappa shape index (κ2) is 5.27. The first-order chi connectivity index (χ1) is 9.24. The molecule has 1 unspecified atom stereocenters. The van der Waals surface area contributed by atoms with E-state index in [0.717, 1.165) is 24.8 Å². The van der Waals surface area contributed by atoms with Gasteiger partial charge in [0.15, 0.2) is 0 Å². The van der Waals surface area contributed by atoms with Crippen molar-refractivity contribution in [3.05, 3.63) is 39.4 Å². The lowest BCUT2D eigenvalue weighted by molar-refractivity contribution is -0.117. The molecule has 4 nitrogen and oxygen atoms in total.